The van der Waals surface area contributed by atoms with Crippen molar-refractivity contribution in [1.29, 1.82) is 0 Å². The third-order valence-corrected chi connectivity index (χ3v) is 2.88. The van der Waals surface area contributed by atoms with Crippen LogP contribution in [-0.2, 0) is 6.61 Å². The predicted molar refractivity (Wildman–Crippen MR) is 69.7 cm³/mol. The van der Waals surface area contributed by atoms with Crippen molar-refractivity contribution in [3.8, 4) is 11.3 Å². The summed E-state index contributed by atoms with van der Waals surface area (Å²) in [5.74, 6) is 0.542. The minimum absolute atomic E-state index is 0.0552. The molecule has 0 bridgehead atoms. The Morgan fingerprint density at radius 3 is 2.41 bits per heavy atom. The summed E-state index contributed by atoms with van der Waals surface area (Å²) >= 11 is 0. The summed E-state index contributed by atoms with van der Waals surface area (Å²) < 4.78 is 0. The van der Waals surface area contributed by atoms with Crippen LogP contribution < -0.4 is 0 Å². The summed E-state index contributed by atoms with van der Waals surface area (Å²) in [4.78, 5) is 4.32. The Kier molecular flexibility index (Phi) is 3.55. The fourth-order valence-electron chi connectivity index (χ4n) is 1.77. The van der Waals surface area contributed by atoms with E-state index in [0.717, 1.165) is 16.8 Å². The molecule has 17 heavy (non-hydrogen) atoms. The van der Waals surface area contributed by atoms with Crippen LogP contribution in [0.2, 0.25) is 0 Å². The smallest absolute Gasteiger partial charge is 0.0705 e. The van der Waals surface area contributed by atoms with Gasteiger partial charge in [-0.3, -0.25) is 4.98 Å². The van der Waals surface area contributed by atoms with Crippen molar-refractivity contribution in [2.24, 2.45) is 0 Å². The molecule has 0 fully saturated rings. The maximum Gasteiger partial charge on any atom is 0.0705 e. The maximum atomic E-state index is 9.10. The molecule has 0 aliphatic carbocycles. The van der Waals surface area contributed by atoms with E-state index in [1.807, 2.05) is 12.1 Å². The summed E-state index contributed by atoms with van der Waals surface area (Å²) in [6.45, 7) is 4.42. The van der Waals surface area contributed by atoms with Crippen molar-refractivity contribution < 1.29 is 5.11 Å². The molecular weight excluding hydrogens is 210 g/mol. The molecule has 0 unspecified atom stereocenters. The number of aliphatic hydroxyl groups is 1. The molecule has 0 amide bonds. The highest BCUT2D eigenvalue weighted by molar-refractivity contribution is 5.60. The van der Waals surface area contributed by atoms with Crippen LogP contribution in [0.15, 0.2) is 42.6 Å². The van der Waals surface area contributed by atoms with Crippen LogP contribution in [0.1, 0.15) is 30.9 Å². The molecule has 1 aromatic carbocycles. The highest BCUT2D eigenvalue weighted by Crippen LogP contribution is 2.21. The van der Waals surface area contributed by atoms with E-state index in [-0.39, 0.29) is 6.61 Å². The number of hydrogen-bond acceptors (Lipinski definition) is 2. The van der Waals surface area contributed by atoms with E-state index in [9.17, 15) is 0 Å². The zero-order valence-corrected chi connectivity index (χ0v) is 10.2. The average molecular weight is 227 g/mol. The van der Waals surface area contributed by atoms with Gasteiger partial charge < -0.3 is 5.11 Å². The van der Waals surface area contributed by atoms with Gasteiger partial charge in [-0.15, -0.1) is 0 Å². The zero-order valence-electron chi connectivity index (χ0n) is 10.2. The van der Waals surface area contributed by atoms with Gasteiger partial charge in [0.1, 0.15) is 0 Å². The summed E-state index contributed by atoms with van der Waals surface area (Å²) in [5.41, 5.74) is 4.21. The topological polar surface area (TPSA) is 33.1 Å². The number of nitrogens with zero attached hydrogens (tertiary/aromatic N) is 1. The van der Waals surface area contributed by atoms with E-state index in [1.165, 1.54) is 5.56 Å². The molecule has 0 spiro atoms. The van der Waals surface area contributed by atoms with E-state index in [0.29, 0.717) is 5.92 Å². The van der Waals surface area contributed by atoms with Gasteiger partial charge in [-0.05, 0) is 29.2 Å². The largest absolute Gasteiger partial charge is 0.392 e. The third-order valence-electron chi connectivity index (χ3n) is 2.88. The van der Waals surface area contributed by atoms with Crippen molar-refractivity contribution in [2.75, 3.05) is 0 Å². The molecule has 1 N–H and O–H groups in total. The highest BCUT2D eigenvalue weighted by atomic mass is 16.3. The zero-order chi connectivity index (χ0) is 12.3. The van der Waals surface area contributed by atoms with Gasteiger partial charge in [0, 0.05) is 11.8 Å². The Balaban J connectivity index is 2.32. The molecule has 0 aliphatic rings. The van der Waals surface area contributed by atoms with Gasteiger partial charge in [0.2, 0.25) is 0 Å². The monoisotopic (exact) mass is 227 g/mol. The van der Waals surface area contributed by atoms with E-state index in [2.05, 4.69) is 43.1 Å². The second-order valence-corrected chi connectivity index (χ2v) is 4.48. The standard InChI is InChI=1S/C15H17NO/c1-11(2)13-3-5-14(6-4-13)15-9-12(10-17)7-8-16-15/h3-9,11,17H,10H2,1-2H3. The van der Waals surface area contributed by atoms with E-state index in [4.69, 9.17) is 5.11 Å². The van der Waals surface area contributed by atoms with Crippen LogP contribution in [-0.4, -0.2) is 10.1 Å². The summed E-state index contributed by atoms with van der Waals surface area (Å²) in [7, 11) is 0. The fraction of sp³-hybridized carbons (Fsp3) is 0.267. The van der Waals surface area contributed by atoms with E-state index in [1.54, 1.807) is 6.20 Å². The van der Waals surface area contributed by atoms with E-state index < -0.39 is 0 Å². The fourth-order valence-corrected chi connectivity index (χ4v) is 1.77. The number of aliphatic hydroxyl groups excluding tert-OH is 1. The van der Waals surface area contributed by atoms with Crippen LogP contribution >= 0.6 is 0 Å². The summed E-state index contributed by atoms with van der Waals surface area (Å²) in [6.07, 6.45) is 1.73. The Hall–Kier alpha value is -1.67. The maximum absolute atomic E-state index is 9.10. The van der Waals surface area contributed by atoms with Crippen LogP contribution in [0.5, 0.6) is 0 Å². The number of benzene rings is 1. The average Bonchev–Trinajstić information content (AvgIpc) is 2.39. The molecule has 0 saturated heterocycles. The van der Waals surface area contributed by atoms with Gasteiger partial charge in [0.15, 0.2) is 0 Å². The quantitative estimate of drug-likeness (QED) is 0.872. The van der Waals surface area contributed by atoms with Crippen LogP contribution in [0, 0.1) is 0 Å². The molecular formula is C15H17NO. The lowest BCUT2D eigenvalue weighted by Gasteiger charge is -2.07. The molecule has 0 saturated carbocycles. The molecule has 88 valence electrons. The number of pyridine rings is 1. The van der Waals surface area contributed by atoms with Gasteiger partial charge in [-0.2, -0.15) is 0 Å². The first kappa shape index (κ1) is 11.8. The number of hydrogen-bond donors (Lipinski definition) is 1. The van der Waals surface area contributed by atoms with Gasteiger partial charge in [-0.1, -0.05) is 38.1 Å². The molecule has 0 radical (unpaired) electrons. The lowest BCUT2D eigenvalue weighted by molar-refractivity contribution is 0.282. The minimum atomic E-state index is 0.0552. The molecule has 0 aliphatic heterocycles. The van der Waals surface area contributed by atoms with Gasteiger partial charge in [0.25, 0.3) is 0 Å². The molecule has 2 heteroatoms. The lowest BCUT2D eigenvalue weighted by atomic mass is 10.0. The number of rotatable bonds is 3. The first-order valence-corrected chi connectivity index (χ1v) is 5.87. The van der Waals surface area contributed by atoms with Crippen molar-refractivity contribution in [1.82, 2.24) is 4.98 Å². The molecule has 2 aromatic rings. The summed E-state index contributed by atoms with van der Waals surface area (Å²) in [6, 6.07) is 12.2. The van der Waals surface area contributed by atoms with Crippen molar-refractivity contribution in [3.05, 3.63) is 53.7 Å². The minimum Gasteiger partial charge on any atom is -0.392 e. The van der Waals surface area contributed by atoms with Crippen molar-refractivity contribution >= 4 is 0 Å². The first-order valence-electron chi connectivity index (χ1n) is 5.87. The summed E-state index contributed by atoms with van der Waals surface area (Å²) in [5, 5.41) is 9.10. The Morgan fingerprint density at radius 2 is 1.82 bits per heavy atom. The van der Waals surface area contributed by atoms with Crippen LogP contribution in [0.25, 0.3) is 11.3 Å². The predicted octanol–water partition coefficient (Wildman–Crippen LogP) is 3.36. The van der Waals surface area contributed by atoms with Crippen LogP contribution in [0.4, 0.5) is 0 Å². The Labute approximate surface area is 102 Å². The van der Waals surface area contributed by atoms with E-state index >= 15 is 0 Å². The third kappa shape index (κ3) is 2.71. The number of aromatic nitrogens is 1. The molecule has 2 rings (SSSR count). The molecule has 2 nitrogen and oxygen atoms in total. The lowest BCUT2D eigenvalue weighted by Crippen LogP contribution is -1.90. The molecule has 1 aromatic heterocycles. The van der Waals surface area contributed by atoms with Crippen molar-refractivity contribution in [3.63, 3.8) is 0 Å². The molecule has 0 atom stereocenters. The SMILES string of the molecule is CC(C)c1ccc(-c2cc(CO)ccn2)cc1. The molecule has 1 heterocycles. The van der Waals surface area contributed by atoms with Crippen LogP contribution in [0.3, 0.4) is 0 Å². The second-order valence-electron chi connectivity index (χ2n) is 4.48. The Morgan fingerprint density at radius 1 is 1.12 bits per heavy atom. The van der Waals surface area contributed by atoms with Gasteiger partial charge in [-0.25, -0.2) is 0 Å². The van der Waals surface area contributed by atoms with Gasteiger partial charge >= 0.3 is 0 Å². The second kappa shape index (κ2) is 5.11. The van der Waals surface area contributed by atoms with Crippen molar-refractivity contribution in [2.45, 2.75) is 26.4 Å². The highest BCUT2D eigenvalue weighted by Gasteiger charge is 2.02. The normalized spacial score (nSPS) is 10.8. The van der Waals surface area contributed by atoms with Gasteiger partial charge in [0.05, 0.1) is 12.3 Å². The first-order chi connectivity index (χ1) is 8.20. The Bertz CT molecular complexity index is 489.